The van der Waals surface area contributed by atoms with Crippen molar-refractivity contribution in [1.29, 1.82) is 0 Å². The molecular weight excluding hydrogens is 214 g/mol. The zero-order valence-corrected chi connectivity index (χ0v) is 10.9. The van der Waals surface area contributed by atoms with Crippen molar-refractivity contribution in [2.45, 2.75) is 57.3 Å². The molecule has 2 aliphatic heterocycles. The summed E-state index contributed by atoms with van der Waals surface area (Å²) in [5.74, 6) is 0.773. The smallest absolute Gasteiger partial charge is 0.0706 e. The number of rotatable bonds is 5. The quantitative estimate of drug-likeness (QED) is 0.733. The van der Waals surface area contributed by atoms with E-state index < -0.39 is 0 Å². The van der Waals surface area contributed by atoms with Crippen LogP contribution in [0.4, 0.5) is 0 Å². The summed E-state index contributed by atoms with van der Waals surface area (Å²) in [6.07, 6.45) is 7.53. The molecule has 0 radical (unpaired) electrons. The van der Waals surface area contributed by atoms with Gasteiger partial charge in [0.15, 0.2) is 0 Å². The van der Waals surface area contributed by atoms with Gasteiger partial charge in [-0.25, -0.2) is 0 Å². The lowest BCUT2D eigenvalue weighted by molar-refractivity contribution is 0.0256. The molecule has 98 valence electrons. The maximum atomic E-state index is 5.96. The fourth-order valence-corrected chi connectivity index (χ4v) is 3.15. The van der Waals surface area contributed by atoms with Gasteiger partial charge in [-0.15, -0.1) is 0 Å². The first-order valence-corrected chi connectivity index (χ1v) is 7.28. The summed E-state index contributed by atoms with van der Waals surface area (Å²) in [7, 11) is 0. The van der Waals surface area contributed by atoms with Crippen molar-refractivity contribution in [3.63, 3.8) is 0 Å². The molecule has 3 rings (SSSR count). The second-order valence-electron chi connectivity index (χ2n) is 6.06. The highest BCUT2D eigenvalue weighted by atomic mass is 16.5. The van der Waals surface area contributed by atoms with E-state index in [1.54, 1.807) is 0 Å². The Hall–Kier alpha value is -0.120. The molecule has 17 heavy (non-hydrogen) atoms. The van der Waals surface area contributed by atoms with Crippen molar-refractivity contribution in [1.82, 2.24) is 4.90 Å². The summed E-state index contributed by atoms with van der Waals surface area (Å²) in [5.41, 5.74) is 0. The molecule has 3 fully saturated rings. The molecule has 3 nitrogen and oxygen atoms in total. The first-order valence-electron chi connectivity index (χ1n) is 7.28. The molecule has 3 unspecified atom stereocenters. The monoisotopic (exact) mass is 239 g/mol. The zero-order chi connectivity index (χ0) is 11.7. The van der Waals surface area contributed by atoms with Crippen molar-refractivity contribution in [2.75, 3.05) is 26.3 Å². The molecule has 1 saturated carbocycles. The summed E-state index contributed by atoms with van der Waals surface area (Å²) in [6, 6.07) is 0.857. The van der Waals surface area contributed by atoms with Gasteiger partial charge in [0.05, 0.1) is 18.8 Å². The van der Waals surface area contributed by atoms with Crippen LogP contribution in [0.5, 0.6) is 0 Å². The SMILES string of the molecule is CC1CCC(CN(CC2CCOC2)C2CC2)O1. The molecule has 3 aliphatic rings. The van der Waals surface area contributed by atoms with E-state index in [2.05, 4.69) is 11.8 Å². The van der Waals surface area contributed by atoms with E-state index in [4.69, 9.17) is 9.47 Å². The van der Waals surface area contributed by atoms with E-state index in [0.29, 0.717) is 12.2 Å². The van der Waals surface area contributed by atoms with Crippen LogP contribution in [0.2, 0.25) is 0 Å². The molecule has 2 saturated heterocycles. The Morgan fingerprint density at radius 2 is 1.94 bits per heavy atom. The van der Waals surface area contributed by atoms with Crippen LogP contribution in [0.3, 0.4) is 0 Å². The third kappa shape index (κ3) is 3.21. The molecule has 0 aromatic heterocycles. The molecule has 0 bridgehead atoms. The van der Waals surface area contributed by atoms with Crippen LogP contribution in [-0.4, -0.2) is 49.5 Å². The predicted molar refractivity (Wildman–Crippen MR) is 67.1 cm³/mol. The van der Waals surface area contributed by atoms with Crippen LogP contribution in [0.15, 0.2) is 0 Å². The average Bonchev–Trinajstić information content (AvgIpc) is 2.89. The normalized spacial score (nSPS) is 38.1. The Bertz CT molecular complexity index is 249. The van der Waals surface area contributed by atoms with Crippen LogP contribution >= 0.6 is 0 Å². The summed E-state index contributed by atoms with van der Waals surface area (Å²) in [4.78, 5) is 2.68. The van der Waals surface area contributed by atoms with Crippen LogP contribution < -0.4 is 0 Å². The fourth-order valence-electron chi connectivity index (χ4n) is 3.15. The Kier molecular flexibility index (Phi) is 3.69. The molecular formula is C14H25NO2. The molecule has 0 amide bonds. The third-order valence-electron chi connectivity index (χ3n) is 4.34. The molecule has 0 aromatic carbocycles. The van der Waals surface area contributed by atoms with Gasteiger partial charge in [-0.1, -0.05) is 0 Å². The van der Waals surface area contributed by atoms with Crippen LogP contribution in [0.1, 0.15) is 39.0 Å². The van der Waals surface area contributed by atoms with Gasteiger partial charge in [0, 0.05) is 25.7 Å². The number of ether oxygens (including phenoxy) is 2. The highest BCUT2D eigenvalue weighted by Crippen LogP contribution is 2.31. The van der Waals surface area contributed by atoms with Gasteiger partial charge in [0.1, 0.15) is 0 Å². The Morgan fingerprint density at radius 1 is 1.06 bits per heavy atom. The van der Waals surface area contributed by atoms with E-state index in [-0.39, 0.29) is 0 Å². The Labute approximate surface area is 104 Å². The van der Waals surface area contributed by atoms with E-state index in [0.717, 1.165) is 31.7 Å². The molecule has 0 aromatic rings. The van der Waals surface area contributed by atoms with Crippen molar-refractivity contribution in [3.8, 4) is 0 Å². The van der Waals surface area contributed by atoms with E-state index >= 15 is 0 Å². The fraction of sp³-hybridized carbons (Fsp3) is 1.00. The lowest BCUT2D eigenvalue weighted by atomic mass is 10.1. The molecule has 0 spiro atoms. The lowest BCUT2D eigenvalue weighted by Crippen LogP contribution is -2.38. The maximum Gasteiger partial charge on any atom is 0.0706 e. The predicted octanol–water partition coefficient (Wildman–Crippen LogP) is 2.05. The molecule has 0 N–H and O–H groups in total. The average molecular weight is 239 g/mol. The van der Waals surface area contributed by atoms with Gasteiger partial charge in [0.2, 0.25) is 0 Å². The topological polar surface area (TPSA) is 21.7 Å². The largest absolute Gasteiger partial charge is 0.381 e. The zero-order valence-electron chi connectivity index (χ0n) is 10.9. The Morgan fingerprint density at radius 3 is 2.53 bits per heavy atom. The minimum Gasteiger partial charge on any atom is -0.381 e. The van der Waals surface area contributed by atoms with Gasteiger partial charge in [-0.2, -0.15) is 0 Å². The third-order valence-corrected chi connectivity index (χ3v) is 4.34. The maximum absolute atomic E-state index is 5.96. The van der Waals surface area contributed by atoms with Crippen LogP contribution in [-0.2, 0) is 9.47 Å². The van der Waals surface area contributed by atoms with Gasteiger partial charge >= 0.3 is 0 Å². The minimum absolute atomic E-state index is 0.482. The summed E-state index contributed by atoms with van der Waals surface area (Å²) >= 11 is 0. The van der Waals surface area contributed by atoms with Crippen molar-refractivity contribution < 1.29 is 9.47 Å². The summed E-state index contributed by atoms with van der Waals surface area (Å²) < 4.78 is 11.4. The summed E-state index contributed by atoms with van der Waals surface area (Å²) in [5, 5.41) is 0. The molecule has 3 heteroatoms. The van der Waals surface area contributed by atoms with Gasteiger partial charge in [0.25, 0.3) is 0 Å². The minimum atomic E-state index is 0.482. The van der Waals surface area contributed by atoms with Crippen molar-refractivity contribution in [2.24, 2.45) is 5.92 Å². The number of hydrogen-bond acceptors (Lipinski definition) is 3. The van der Waals surface area contributed by atoms with E-state index in [1.165, 1.54) is 38.6 Å². The highest BCUT2D eigenvalue weighted by molar-refractivity contribution is 4.88. The van der Waals surface area contributed by atoms with Gasteiger partial charge in [-0.05, 0) is 44.9 Å². The van der Waals surface area contributed by atoms with Crippen LogP contribution in [0, 0.1) is 5.92 Å². The first kappa shape index (κ1) is 11.9. The van der Waals surface area contributed by atoms with Crippen molar-refractivity contribution in [3.05, 3.63) is 0 Å². The Balaban J connectivity index is 1.49. The standard InChI is InChI=1S/C14H25NO2/c1-11-2-5-14(17-11)9-15(13-3-4-13)8-12-6-7-16-10-12/h11-14H,2-10H2,1H3. The summed E-state index contributed by atoms with van der Waals surface area (Å²) in [6.45, 7) is 6.54. The van der Waals surface area contributed by atoms with Gasteiger partial charge < -0.3 is 9.47 Å². The second-order valence-corrected chi connectivity index (χ2v) is 6.06. The van der Waals surface area contributed by atoms with Crippen LogP contribution in [0.25, 0.3) is 0 Å². The second kappa shape index (κ2) is 5.25. The number of hydrogen-bond donors (Lipinski definition) is 0. The first-order chi connectivity index (χ1) is 8.31. The van der Waals surface area contributed by atoms with Crippen molar-refractivity contribution >= 4 is 0 Å². The van der Waals surface area contributed by atoms with E-state index in [9.17, 15) is 0 Å². The highest BCUT2D eigenvalue weighted by Gasteiger charge is 2.34. The molecule has 3 atom stereocenters. The lowest BCUT2D eigenvalue weighted by Gasteiger charge is -2.27. The van der Waals surface area contributed by atoms with Gasteiger partial charge in [-0.3, -0.25) is 4.90 Å². The number of nitrogens with zero attached hydrogens (tertiary/aromatic N) is 1. The molecule has 2 heterocycles. The molecule has 1 aliphatic carbocycles. The van der Waals surface area contributed by atoms with E-state index in [1.807, 2.05) is 0 Å².